The van der Waals surface area contributed by atoms with Crippen LogP contribution in [0.2, 0.25) is 0 Å². The van der Waals surface area contributed by atoms with Crippen LogP contribution in [0.5, 0.6) is 0 Å². The Balaban J connectivity index is 1.88. The summed E-state index contributed by atoms with van der Waals surface area (Å²) in [6.45, 7) is 4.95. The number of hydrogen-bond acceptors (Lipinski definition) is 7. The molecule has 3 rings (SSSR count). The number of nitriles is 1. The van der Waals surface area contributed by atoms with Crippen molar-refractivity contribution in [3.63, 3.8) is 0 Å². The summed E-state index contributed by atoms with van der Waals surface area (Å²) in [5.74, 6) is -0.947. The van der Waals surface area contributed by atoms with Crippen molar-refractivity contribution in [2.45, 2.75) is 46.6 Å². The van der Waals surface area contributed by atoms with Crippen LogP contribution in [0.1, 0.15) is 51.0 Å². The van der Waals surface area contributed by atoms with Crippen LogP contribution >= 0.6 is 11.3 Å². The van der Waals surface area contributed by atoms with E-state index in [2.05, 4.69) is 10.4 Å². The van der Waals surface area contributed by atoms with Crippen molar-refractivity contribution in [1.82, 2.24) is 9.78 Å². The van der Waals surface area contributed by atoms with Crippen molar-refractivity contribution in [3.8, 4) is 6.07 Å². The van der Waals surface area contributed by atoms with Crippen LogP contribution < -0.4 is 10.9 Å². The Labute approximate surface area is 165 Å². The third-order valence-electron chi connectivity index (χ3n) is 4.70. The summed E-state index contributed by atoms with van der Waals surface area (Å²) < 4.78 is 6.12. The third kappa shape index (κ3) is 3.55. The standard InChI is InChI=1S/C19H20N4O4S/c1-4-27-19(26)16-12-6-5-7-14(12)28-17(16)21-15(24)9-23-18(25)13(8-20)10(2)11(3)22-23/h4-7,9H2,1-3H3,(H,21,24). The molecule has 0 aliphatic heterocycles. The first-order valence-corrected chi connectivity index (χ1v) is 9.78. The topological polar surface area (TPSA) is 114 Å². The quantitative estimate of drug-likeness (QED) is 0.769. The lowest BCUT2D eigenvalue weighted by molar-refractivity contribution is -0.117. The molecule has 1 aliphatic carbocycles. The fourth-order valence-electron chi connectivity index (χ4n) is 3.22. The number of carbonyl (C=O) groups is 2. The molecule has 0 saturated heterocycles. The third-order valence-corrected chi connectivity index (χ3v) is 5.90. The Hall–Kier alpha value is -2.99. The average molecular weight is 400 g/mol. The van der Waals surface area contributed by atoms with Crippen LogP contribution in [0.4, 0.5) is 5.00 Å². The highest BCUT2D eigenvalue weighted by Gasteiger charge is 2.28. The number of amides is 1. The van der Waals surface area contributed by atoms with Gasteiger partial charge in [-0.15, -0.1) is 11.3 Å². The summed E-state index contributed by atoms with van der Waals surface area (Å²) in [7, 11) is 0. The molecule has 0 fully saturated rings. The fourth-order valence-corrected chi connectivity index (χ4v) is 4.52. The maximum absolute atomic E-state index is 12.6. The van der Waals surface area contributed by atoms with E-state index in [0.717, 1.165) is 34.4 Å². The second-order valence-electron chi connectivity index (χ2n) is 6.49. The van der Waals surface area contributed by atoms with Crippen molar-refractivity contribution in [2.24, 2.45) is 0 Å². The minimum atomic E-state index is -0.611. The number of ether oxygens (including phenoxy) is 1. The van der Waals surface area contributed by atoms with Crippen molar-refractivity contribution >= 4 is 28.2 Å². The first kappa shape index (κ1) is 19.8. The number of hydrogen-bond donors (Lipinski definition) is 1. The molecule has 0 atom stereocenters. The number of rotatable bonds is 5. The van der Waals surface area contributed by atoms with E-state index in [0.29, 0.717) is 21.8 Å². The molecule has 0 radical (unpaired) electrons. The molecule has 1 amide bonds. The number of aromatic nitrogens is 2. The molecule has 0 bridgehead atoms. The Bertz CT molecular complexity index is 1060. The monoisotopic (exact) mass is 400 g/mol. The largest absolute Gasteiger partial charge is 0.462 e. The zero-order chi connectivity index (χ0) is 20.4. The van der Waals surface area contributed by atoms with Gasteiger partial charge < -0.3 is 10.1 Å². The Kier molecular flexibility index (Phi) is 5.61. The van der Waals surface area contributed by atoms with Gasteiger partial charge in [-0.2, -0.15) is 10.4 Å². The number of aryl methyl sites for hydroxylation is 2. The van der Waals surface area contributed by atoms with Gasteiger partial charge in [-0.05, 0) is 51.2 Å². The molecular weight excluding hydrogens is 380 g/mol. The van der Waals surface area contributed by atoms with E-state index >= 15 is 0 Å². The highest BCUT2D eigenvalue weighted by atomic mass is 32.1. The minimum Gasteiger partial charge on any atom is -0.462 e. The summed E-state index contributed by atoms with van der Waals surface area (Å²) in [6.07, 6.45) is 2.62. The number of fused-ring (bicyclic) bond motifs is 1. The lowest BCUT2D eigenvalue weighted by Gasteiger charge is -2.10. The SMILES string of the molecule is CCOC(=O)c1c(NC(=O)Cn2nc(C)c(C)c(C#N)c2=O)sc2c1CCC2. The van der Waals surface area contributed by atoms with Crippen LogP contribution in [-0.2, 0) is 28.9 Å². The number of nitrogens with one attached hydrogen (secondary N) is 1. The molecule has 8 nitrogen and oxygen atoms in total. The Morgan fingerprint density at radius 3 is 2.79 bits per heavy atom. The van der Waals surface area contributed by atoms with E-state index < -0.39 is 17.4 Å². The molecule has 2 heterocycles. The smallest absolute Gasteiger partial charge is 0.341 e. The van der Waals surface area contributed by atoms with E-state index in [-0.39, 0.29) is 18.7 Å². The summed E-state index contributed by atoms with van der Waals surface area (Å²) in [4.78, 5) is 38.4. The van der Waals surface area contributed by atoms with Crippen LogP contribution in [0.25, 0.3) is 0 Å². The highest BCUT2D eigenvalue weighted by molar-refractivity contribution is 7.17. The van der Waals surface area contributed by atoms with E-state index in [9.17, 15) is 19.6 Å². The molecule has 9 heteroatoms. The molecule has 146 valence electrons. The van der Waals surface area contributed by atoms with Gasteiger partial charge in [0.2, 0.25) is 5.91 Å². The molecule has 2 aromatic heterocycles. The zero-order valence-electron chi connectivity index (χ0n) is 15.9. The van der Waals surface area contributed by atoms with Crippen LogP contribution in [-0.4, -0.2) is 28.3 Å². The van der Waals surface area contributed by atoms with Gasteiger partial charge in [-0.3, -0.25) is 9.59 Å². The van der Waals surface area contributed by atoms with Crippen molar-refractivity contribution in [3.05, 3.63) is 43.2 Å². The Morgan fingerprint density at radius 2 is 2.11 bits per heavy atom. The van der Waals surface area contributed by atoms with Gasteiger partial charge in [0, 0.05) is 4.88 Å². The van der Waals surface area contributed by atoms with Gasteiger partial charge in [0.15, 0.2) is 0 Å². The second kappa shape index (κ2) is 7.94. The first-order chi connectivity index (χ1) is 13.4. The van der Waals surface area contributed by atoms with Gasteiger partial charge in [-0.1, -0.05) is 0 Å². The van der Waals surface area contributed by atoms with E-state index in [1.54, 1.807) is 20.8 Å². The maximum Gasteiger partial charge on any atom is 0.341 e. The lowest BCUT2D eigenvalue weighted by atomic mass is 10.1. The van der Waals surface area contributed by atoms with Crippen LogP contribution in [0.3, 0.4) is 0 Å². The van der Waals surface area contributed by atoms with Crippen molar-refractivity contribution in [1.29, 1.82) is 5.26 Å². The van der Waals surface area contributed by atoms with E-state index in [1.807, 2.05) is 6.07 Å². The number of thiophene rings is 1. The molecular formula is C19H20N4O4S. The molecule has 1 aliphatic rings. The van der Waals surface area contributed by atoms with Crippen LogP contribution in [0, 0.1) is 25.2 Å². The molecule has 0 unspecified atom stereocenters. The summed E-state index contributed by atoms with van der Waals surface area (Å²) >= 11 is 1.37. The van der Waals surface area contributed by atoms with Gasteiger partial charge in [-0.25, -0.2) is 9.48 Å². The maximum atomic E-state index is 12.6. The predicted octanol–water partition coefficient (Wildman–Crippen LogP) is 2.10. The highest BCUT2D eigenvalue weighted by Crippen LogP contribution is 2.39. The number of esters is 1. The molecule has 28 heavy (non-hydrogen) atoms. The first-order valence-electron chi connectivity index (χ1n) is 8.97. The van der Waals surface area contributed by atoms with Gasteiger partial charge in [0.1, 0.15) is 23.2 Å². The lowest BCUT2D eigenvalue weighted by Crippen LogP contribution is -2.32. The Morgan fingerprint density at radius 1 is 1.36 bits per heavy atom. The fraction of sp³-hybridized carbons (Fsp3) is 0.421. The molecule has 0 saturated carbocycles. The van der Waals surface area contributed by atoms with Crippen molar-refractivity contribution < 1.29 is 14.3 Å². The second-order valence-corrected chi connectivity index (χ2v) is 7.60. The summed E-state index contributed by atoms with van der Waals surface area (Å²) in [5, 5.41) is 16.5. The van der Waals surface area contributed by atoms with Gasteiger partial charge in [0.25, 0.3) is 5.56 Å². The minimum absolute atomic E-state index is 0.0254. The van der Waals surface area contributed by atoms with E-state index in [1.165, 1.54) is 11.3 Å². The summed E-state index contributed by atoms with van der Waals surface area (Å²) in [5.41, 5.74) is 1.72. The van der Waals surface area contributed by atoms with Crippen molar-refractivity contribution in [2.75, 3.05) is 11.9 Å². The van der Waals surface area contributed by atoms with E-state index in [4.69, 9.17) is 4.74 Å². The zero-order valence-corrected chi connectivity index (χ0v) is 16.7. The van der Waals surface area contributed by atoms with Gasteiger partial charge in [0.05, 0.1) is 17.9 Å². The van der Waals surface area contributed by atoms with Gasteiger partial charge >= 0.3 is 5.97 Å². The number of carbonyl (C=O) groups excluding carboxylic acids is 2. The summed E-state index contributed by atoms with van der Waals surface area (Å²) in [6, 6.07) is 1.87. The van der Waals surface area contributed by atoms with Crippen LogP contribution in [0.15, 0.2) is 4.79 Å². The average Bonchev–Trinajstić information content (AvgIpc) is 3.21. The predicted molar refractivity (Wildman–Crippen MR) is 104 cm³/mol. The molecule has 2 aromatic rings. The molecule has 0 aromatic carbocycles. The molecule has 1 N–H and O–H groups in total. The molecule has 0 spiro atoms. The number of anilines is 1. The normalized spacial score (nSPS) is 12.4. The number of nitrogens with zero attached hydrogens (tertiary/aromatic N) is 3.